The van der Waals surface area contributed by atoms with Gasteiger partial charge in [-0.1, -0.05) is 73.5 Å². The number of benzene rings is 2. The molecule has 0 heterocycles. The Kier molecular flexibility index (Phi) is 6.85. The van der Waals surface area contributed by atoms with E-state index < -0.39 is 0 Å². The number of rotatable bonds is 3. The molecule has 2 rings (SSSR count). The van der Waals surface area contributed by atoms with Crippen LogP contribution in [0.15, 0.2) is 42.5 Å². The van der Waals surface area contributed by atoms with E-state index in [1.807, 2.05) is 56.3 Å². The maximum absolute atomic E-state index is 6.23. The van der Waals surface area contributed by atoms with E-state index in [4.69, 9.17) is 35.4 Å². The van der Waals surface area contributed by atoms with Crippen LogP contribution >= 0.6 is 35.4 Å². The molecule has 1 nitrogen and oxygen atoms in total. The first-order valence-corrected chi connectivity index (χ1v) is 7.20. The van der Waals surface area contributed by atoms with Crippen LogP contribution in [0.2, 0.25) is 10.0 Å². The number of hydrogen-bond acceptors (Lipinski definition) is 1. The molecule has 2 aromatic carbocycles. The average molecular weight is 312 g/mol. The van der Waals surface area contributed by atoms with Crippen LogP contribution in [0.5, 0.6) is 0 Å². The highest BCUT2D eigenvalue weighted by atomic mass is 35.5. The maximum atomic E-state index is 6.23. The van der Waals surface area contributed by atoms with Gasteiger partial charge in [0.1, 0.15) is 0 Å². The molecule has 0 aliphatic carbocycles. The SMILES string of the molecule is CC.S=CNc1ccc(-c2ccccc2Cl)c(Cl)c1. The predicted octanol–water partition coefficient (Wildman–Crippen LogP) is 6.06. The van der Waals surface area contributed by atoms with Gasteiger partial charge >= 0.3 is 0 Å². The van der Waals surface area contributed by atoms with Gasteiger partial charge in [-0.05, 0) is 18.2 Å². The van der Waals surface area contributed by atoms with Gasteiger partial charge in [-0.15, -0.1) is 0 Å². The second kappa shape index (κ2) is 8.16. The quantitative estimate of drug-likeness (QED) is 0.692. The van der Waals surface area contributed by atoms with E-state index in [-0.39, 0.29) is 0 Å². The van der Waals surface area contributed by atoms with Crippen molar-refractivity contribution >= 4 is 46.6 Å². The van der Waals surface area contributed by atoms with Crippen LogP contribution in [0.25, 0.3) is 11.1 Å². The lowest BCUT2D eigenvalue weighted by Gasteiger charge is -2.08. The Bertz CT molecular complexity index is 556. The minimum absolute atomic E-state index is 0.639. The average Bonchev–Trinajstić information content (AvgIpc) is 2.43. The van der Waals surface area contributed by atoms with E-state index in [9.17, 15) is 0 Å². The standard InChI is InChI=1S/C13H9Cl2NS.C2H6/c14-12-4-2-1-3-10(12)11-6-5-9(16-8-17)7-13(11)15;1-2/h1-8H,(H,16,17);1-2H3. The van der Waals surface area contributed by atoms with Crippen LogP contribution in [-0.4, -0.2) is 5.49 Å². The van der Waals surface area contributed by atoms with E-state index in [1.165, 1.54) is 5.49 Å². The first-order valence-electron chi connectivity index (χ1n) is 5.97. The summed E-state index contributed by atoms with van der Waals surface area (Å²) in [5, 5.41) is 4.24. The summed E-state index contributed by atoms with van der Waals surface area (Å²) in [4.78, 5) is 0. The topological polar surface area (TPSA) is 12.0 Å². The highest BCUT2D eigenvalue weighted by Gasteiger charge is 2.07. The van der Waals surface area contributed by atoms with Gasteiger partial charge in [0.25, 0.3) is 0 Å². The van der Waals surface area contributed by atoms with Crippen LogP contribution in [0.3, 0.4) is 0 Å². The van der Waals surface area contributed by atoms with Gasteiger partial charge in [-0.25, -0.2) is 0 Å². The molecule has 100 valence electrons. The zero-order chi connectivity index (χ0) is 14.3. The van der Waals surface area contributed by atoms with Crippen molar-refractivity contribution in [2.24, 2.45) is 0 Å². The van der Waals surface area contributed by atoms with E-state index in [1.54, 1.807) is 0 Å². The second-order valence-corrected chi connectivity index (χ2v) is 4.49. The number of thiocarbonyl (C=S) groups is 1. The maximum Gasteiger partial charge on any atom is 0.0658 e. The third kappa shape index (κ3) is 4.20. The van der Waals surface area contributed by atoms with Gasteiger partial charge in [-0.2, -0.15) is 0 Å². The minimum Gasteiger partial charge on any atom is -0.353 e. The highest BCUT2D eigenvalue weighted by Crippen LogP contribution is 2.34. The summed E-state index contributed by atoms with van der Waals surface area (Å²) < 4.78 is 0. The lowest BCUT2D eigenvalue weighted by atomic mass is 10.1. The molecule has 0 radical (unpaired) electrons. The summed E-state index contributed by atoms with van der Waals surface area (Å²) in [6, 6.07) is 13.3. The van der Waals surface area contributed by atoms with Crippen molar-refractivity contribution in [3.05, 3.63) is 52.5 Å². The number of halogens is 2. The summed E-state index contributed by atoms with van der Waals surface area (Å²) in [7, 11) is 0. The Morgan fingerprint density at radius 2 is 1.58 bits per heavy atom. The van der Waals surface area contributed by atoms with Crippen LogP contribution < -0.4 is 5.32 Å². The zero-order valence-electron chi connectivity index (χ0n) is 10.8. The first-order chi connectivity index (χ1) is 9.22. The molecule has 0 aliphatic rings. The van der Waals surface area contributed by atoms with Crippen molar-refractivity contribution in [3.63, 3.8) is 0 Å². The van der Waals surface area contributed by atoms with E-state index >= 15 is 0 Å². The third-order valence-electron chi connectivity index (χ3n) is 2.36. The summed E-state index contributed by atoms with van der Waals surface area (Å²) in [6.45, 7) is 4.00. The molecule has 0 fully saturated rings. The van der Waals surface area contributed by atoms with Crippen molar-refractivity contribution < 1.29 is 0 Å². The van der Waals surface area contributed by atoms with Crippen LogP contribution in [0, 0.1) is 0 Å². The van der Waals surface area contributed by atoms with Crippen LogP contribution in [0.4, 0.5) is 5.69 Å². The predicted molar refractivity (Wildman–Crippen MR) is 90.5 cm³/mol. The minimum atomic E-state index is 0.639. The molecule has 0 bridgehead atoms. The Balaban J connectivity index is 0.000000861. The summed E-state index contributed by atoms with van der Waals surface area (Å²) in [6.07, 6.45) is 0. The monoisotopic (exact) mass is 311 g/mol. The third-order valence-corrected chi connectivity index (χ3v) is 3.12. The second-order valence-electron chi connectivity index (χ2n) is 3.44. The van der Waals surface area contributed by atoms with Crippen molar-refractivity contribution in [1.82, 2.24) is 0 Å². The van der Waals surface area contributed by atoms with Gasteiger partial charge in [0, 0.05) is 21.8 Å². The van der Waals surface area contributed by atoms with E-state index in [0.717, 1.165) is 16.8 Å². The molecule has 2 aromatic rings. The van der Waals surface area contributed by atoms with Gasteiger partial charge in [0.15, 0.2) is 0 Å². The fourth-order valence-corrected chi connectivity index (χ4v) is 2.23. The number of hydrogen-bond donors (Lipinski definition) is 1. The molecule has 0 saturated heterocycles. The molecule has 0 aliphatic heterocycles. The lowest BCUT2D eigenvalue weighted by molar-refractivity contribution is 1.50. The van der Waals surface area contributed by atoms with Gasteiger partial charge in [-0.3, -0.25) is 0 Å². The van der Waals surface area contributed by atoms with E-state index in [2.05, 4.69) is 5.32 Å². The summed E-state index contributed by atoms with van der Waals surface area (Å²) in [5.74, 6) is 0. The van der Waals surface area contributed by atoms with E-state index in [0.29, 0.717) is 10.0 Å². The van der Waals surface area contributed by atoms with Crippen LogP contribution in [-0.2, 0) is 0 Å². The normalized spacial score (nSPS) is 9.26. The van der Waals surface area contributed by atoms with Crippen LogP contribution in [0.1, 0.15) is 13.8 Å². The molecule has 1 N–H and O–H groups in total. The first kappa shape index (κ1) is 16.0. The molecule has 0 saturated carbocycles. The fourth-order valence-electron chi connectivity index (χ4n) is 1.57. The molecule has 0 amide bonds. The smallest absolute Gasteiger partial charge is 0.0658 e. The molecule has 0 spiro atoms. The molecule has 4 heteroatoms. The van der Waals surface area contributed by atoms with Crippen molar-refractivity contribution in [1.29, 1.82) is 0 Å². The fraction of sp³-hybridized carbons (Fsp3) is 0.133. The molecule has 0 aromatic heterocycles. The Morgan fingerprint density at radius 1 is 0.947 bits per heavy atom. The summed E-state index contributed by atoms with van der Waals surface area (Å²) >= 11 is 17.1. The Morgan fingerprint density at radius 3 is 2.16 bits per heavy atom. The van der Waals surface area contributed by atoms with Crippen molar-refractivity contribution in [3.8, 4) is 11.1 Å². The molecular weight excluding hydrogens is 297 g/mol. The highest BCUT2D eigenvalue weighted by molar-refractivity contribution is 7.79. The molecular formula is C15H15Cl2NS. The van der Waals surface area contributed by atoms with Gasteiger partial charge in [0.2, 0.25) is 0 Å². The largest absolute Gasteiger partial charge is 0.353 e. The molecule has 0 atom stereocenters. The zero-order valence-corrected chi connectivity index (χ0v) is 13.1. The van der Waals surface area contributed by atoms with Gasteiger partial charge in [0.05, 0.1) is 10.5 Å². The Labute approximate surface area is 129 Å². The number of nitrogens with one attached hydrogen (secondary N) is 1. The van der Waals surface area contributed by atoms with Gasteiger partial charge < -0.3 is 5.32 Å². The van der Waals surface area contributed by atoms with Crippen molar-refractivity contribution in [2.75, 3.05) is 5.32 Å². The Hall–Kier alpha value is -1.09. The van der Waals surface area contributed by atoms with Crippen molar-refractivity contribution in [2.45, 2.75) is 13.8 Å². The molecule has 19 heavy (non-hydrogen) atoms. The lowest BCUT2D eigenvalue weighted by Crippen LogP contribution is -1.92. The summed E-state index contributed by atoms with van der Waals surface area (Å²) in [5.41, 5.74) is 4.14. The molecule has 0 unspecified atom stereocenters. The number of anilines is 1.